The predicted molar refractivity (Wildman–Crippen MR) is 63.9 cm³/mol. The summed E-state index contributed by atoms with van der Waals surface area (Å²) < 4.78 is 13.6. The van der Waals surface area contributed by atoms with Gasteiger partial charge in [0, 0.05) is 37.9 Å². The molecule has 1 heterocycles. The number of nitrogens with zero attached hydrogens (tertiary/aromatic N) is 2. The first-order valence-corrected chi connectivity index (χ1v) is 5.57. The first-order valence-electron chi connectivity index (χ1n) is 5.57. The van der Waals surface area contributed by atoms with Gasteiger partial charge in [-0.2, -0.15) is 0 Å². The van der Waals surface area contributed by atoms with Crippen molar-refractivity contribution in [2.75, 3.05) is 25.9 Å². The van der Waals surface area contributed by atoms with Crippen molar-refractivity contribution >= 4 is 17.5 Å². The second-order valence-electron chi connectivity index (χ2n) is 4.30. The molecule has 2 amide bonds. The van der Waals surface area contributed by atoms with Crippen molar-refractivity contribution < 1.29 is 14.0 Å². The summed E-state index contributed by atoms with van der Waals surface area (Å²) in [6.07, 6.45) is 0. The zero-order valence-electron chi connectivity index (χ0n) is 10.0. The van der Waals surface area contributed by atoms with E-state index in [9.17, 15) is 14.0 Å². The predicted octanol–water partition coefficient (Wildman–Crippen LogP) is 0.208. The van der Waals surface area contributed by atoms with Crippen LogP contribution in [0.3, 0.4) is 0 Å². The molecule has 0 atom stereocenters. The third-order valence-electron chi connectivity index (χ3n) is 2.96. The number of anilines is 1. The molecule has 1 aromatic carbocycles. The highest BCUT2D eigenvalue weighted by Crippen LogP contribution is 2.15. The van der Waals surface area contributed by atoms with Gasteiger partial charge in [0.15, 0.2) is 0 Å². The van der Waals surface area contributed by atoms with Gasteiger partial charge in [0.2, 0.25) is 0 Å². The molecule has 2 rings (SSSR count). The zero-order chi connectivity index (χ0) is 13.3. The molecule has 2 N–H and O–H groups in total. The Morgan fingerprint density at radius 1 is 1.28 bits per heavy atom. The summed E-state index contributed by atoms with van der Waals surface area (Å²) in [5.74, 6) is -1.62. The van der Waals surface area contributed by atoms with E-state index in [0.29, 0.717) is 24.3 Å². The molecule has 0 spiro atoms. The topological polar surface area (TPSA) is 66.6 Å². The third-order valence-corrected chi connectivity index (χ3v) is 2.96. The van der Waals surface area contributed by atoms with Crippen LogP contribution in [0.1, 0.15) is 5.56 Å². The quantitative estimate of drug-likeness (QED) is 0.603. The molecular formula is C12H14FN3O2. The van der Waals surface area contributed by atoms with E-state index < -0.39 is 17.6 Å². The van der Waals surface area contributed by atoms with Gasteiger partial charge in [-0.25, -0.2) is 4.39 Å². The minimum absolute atomic E-state index is 0.0878. The van der Waals surface area contributed by atoms with Gasteiger partial charge in [-0.05, 0) is 12.1 Å². The van der Waals surface area contributed by atoms with Gasteiger partial charge < -0.3 is 15.5 Å². The fourth-order valence-electron chi connectivity index (χ4n) is 1.82. The number of amides is 2. The summed E-state index contributed by atoms with van der Waals surface area (Å²) in [7, 11) is 1.57. The van der Waals surface area contributed by atoms with Crippen molar-refractivity contribution in [3.63, 3.8) is 0 Å². The molecule has 1 aliphatic heterocycles. The minimum atomic E-state index is -0.597. The molecule has 0 bridgehead atoms. The number of carbonyl (C=O) groups is 2. The molecule has 0 aliphatic carbocycles. The Hall–Kier alpha value is -2.11. The second kappa shape index (κ2) is 4.64. The molecule has 0 radical (unpaired) electrons. The minimum Gasteiger partial charge on any atom is -0.399 e. The SMILES string of the molecule is CN1CCN(Cc2ccc(N)cc2F)C(=O)C1=O. The summed E-state index contributed by atoms with van der Waals surface area (Å²) in [5.41, 5.74) is 6.13. The Labute approximate surface area is 104 Å². The van der Waals surface area contributed by atoms with E-state index >= 15 is 0 Å². The Morgan fingerprint density at radius 3 is 2.67 bits per heavy atom. The molecule has 1 aromatic rings. The van der Waals surface area contributed by atoms with Crippen molar-refractivity contribution in [3.8, 4) is 0 Å². The summed E-state index contributed by atoms with van der Waals surface area (Å²) >= 11 is 0. The van der Waals surface area contributed by atoms with Gasteiger partial charge in [-0.3, -0.25) is 9.59 Å². The number of hydrogen-bond donors (Lipinski definition) is 1. The first kappa shape index (κ1) is 12.3. The third kappa shape index (κ3) is 2.27. The van der Waals surface area contributed by atoms with Gasteiger partial charge in [0.1, 0.15) is 5.82 Å². The Kier molecular flexibility index (Phi) is 3.18. The number of halogens is 1. The molecule has 1 aliphatic rings. The standard InChI is InChI=1S/C12H14FN3O2/c1-15-4-5-16(12(18)11(15)17)7-8-2-3-9(14)6-10(8)13/h2-3,6H,4-5,7,14H2,1H3. The summed E-state index contributed by atoms with van der Waals surface area (Å²) in [4.78, 5) is 25.9. The molecule has 96 valence electrons. The number of rotatable bonds is 2. The van der Waals surface area contributed by atoms with Gasteiger partial charge in [-0.1, -0.05) is 6.07 Å². The van der Waals surface area contributed by atoms with Gasteiger partial charge in [-0.15, -0.1) is 0 Å². The van der Waals surface area contributed by atoms with Crippen molar-refractivity contribution in [3.05, 3.63) is 29.6 Å². The fraction of sp³-hybridized carbons (Fsp3) is 0.333. The number of benzene rings is 1. The molecule has 0 unspecified atom stereocenters. The molecule has 0 saturated carbocycles. The van der Waals surface area contributed by atoms with Crippen LogP contribution in [0.4, 0.5) is 10.1 Å². The zero-order valence-corrected chi connectivity index (χ0v) is 10.0. The normalized spacial score (nSPS) is 16.3. The van der Waals surface area contributed by atoms with Crippen LogP contribution in [0.2, 0.25) is 0 Å². The van der Waals surface area contributed by atoms with Gasteiger partial charge >= 0.3 is 11.8 Å². The lowest BCUT2D eigenvalue weighted by Crippen LogP contribution is -2.52. The van der Waals surface area contributed by atoms with Crippen LogP contribution in [0.25, 0.3) is 0 Å². The lowest BCUT2D eigenvalue weighted by molar-refractivity contribution is -0.155. The van der Waals surface area contributed by atoms with Crippen LogP contribution in [-0.4, -0.2) is 41.8 Å². The average Bonchev–Trinajstić information content (AvgIpc) is 2.33. The molecule has 5 nitrogen and oxygen atoms in total. The highest BCUT2D eigenvalue weighted by atomic mass is 19.1. The van der Waals surface area contributed by atoms with Crippen LogP contribution in [0.15, 0.2) is 18.2 Å². The second-order valence-corrected chi connectivity index (χ2v) is 4.30. The van der Waals surface area contributed by atoms with Crippen LogP contribution in [0.5, 0.6) is 0 Å². The number of likely N-dealkylation sites (N-methyl/N-ethyl adjacent to an activating group) is 1. The van der Waals surface area contributed by atoms with E-state index in [1.54, 1.807) is 13.1 Å². The Bertz CT molecular complexity index is 504. The molecule has 6 heteroatoms. The monoisotopic (exact) mass is 251 g/mol. The molecule has 0 aromatic heterocycles. The number of nitrogen functional groups attached to an aromatic ring is 1. The maximum absolute atomic E-state index is 13.6. The number of hydrogen-bond acceptors (Lipinski definition) is 3. The van der Waals surface area contributed by atoms with Crippen LogP contribution >= 0.6 is 0 Å². The van der Waals surface area contributed by atoms with Crippen LogP contribution in [0, 0.1) is 5.82 Å². The molecule has 1 fully saturated rings. The average molecular weight is 251 g/mol. The van der Waals surface area contributed by atoms with E-state index in [1.807, 2.05) is 0 Å². The molecule has 1 saturated heterocycles. The number of piperazine rings is 1. The van der Waals surface area contributed by atoms with E-state index in [4.69, 9.17) is 5.73 Å². The summed E-state index contributed by atoms with van der Waals surface area (Å²) in [6, 6.07) is 4.30. The maximum atomic E-state index is 13.6. The molecule has 18 heavy (non-hydrogen) atoms. The number of nitrogens with two attached hydrogens (primary N) is 1. The Morgan fingerprint density at radius 2 is 2.00 bits per heavy atom. The van der Waals surface area contributed by atoms with Gasteiger partial charge in [0.25, 0.3) is 0 Å². The van der Waals surface area contributed by atoms with Crippen molar-refractivity contribution in [1.82, 2.24) is 9.80 Å². The van der Waals surface area contributed by atoms with E-state index in [2.05, 4.69) is 0 Å². The van der Waals surface area contributed by atoms with Crippen molar-refractivity contribution in [2.45, 2.75) is 6.54 Å². The summed E-state index contributed by atoms with van der Waals surface area (Å²) in [6.45, 7) is 0.955. The smallest absolute Gasteiger partial charge is 0.312 e. The Balaban J connectivity index is 2.14. The maximum Gasteiger partial charge on any atom is 0.312 e. The number of carbonyl (C=O) groups excluding carboxylic acids is 2. The largest absolute Gasteiger partial charge is 0.399 e. The highest BCUT2D eigenvalue weighted by Gasteiger charge is 2.30. The van der Waals surface area contributed by atoms with Crippen LogP contribution in [-0.2, 0) is 16.1 Å². The van der Waals surface area contributed by atoms with Crippen molar-refractivity contribution in [1.29, 1.82) is 0 Å². The fourth-order valence-corrected chi connectivity index (χ4v) is 1.82. The van der Waals surface area contributed by atoms with E-state index in [1.165, 1.54) is 21.9 Å². The lowest BCUT2D eigenvalue weighted by Gasteiger charge is -2.31. The highest BCUT2D eigenvalue weighted by molar-refractivity contribution is 6.35. The van der Waals surface area contributed by atoms with E-state index in [0.717, 1.165) is 0 Å². The van der Waals surface area contributed by atoms with Crippen LogP contribution < -0.4 is 5.73 Å². The summed E-state index contributed by atoms with van der Waals surface area (Å²) in [5, 5.41) is 0. The van der Waals surface area contributed by atoms with Gasteiger partial charge in [0.05, 0.1) is 0 Å². The van der Waals surface area contributed by atoms with E-state index in [-0.39, 0.29) is 6.54 Å². The lowest BCUT2D eigenvalue weighted by atomic mass is 10.1. The molecular weight excluding hydrogens is 237 g/mol. The van der Waals surface area contributed by atoms with Crippen molar-refractivity contribution in [2.24, 2.45) is 0 Å². The first-order chi connectivity index (χ1) is 8.49.